The van der Waals surface area contributed by atoms with Crippen LogP contribution in [-0.4, -0.2) is 36.5 Å². The van der Waals surface area contributed by atoms with Crippen LogP contribution >= 0.6 is 0 Å². The van der Waals surface area contributed by atoms with Crippen molar-refractivity contribution < 1.29 is 4.79 Å². The number of hydrogen-bond donors (Lipinski definition) is 1. The standard InChI is InChI=1S/C14H25N3O/c1-12-13(18)17(10-6-8-16-12)9-5-4-7-14(2,3)11-15/h12,16H,4-10H2,1-3H3. The number of nitrogens with one attached hydrogen (secondary N) is 1. The van der Waals surface area contributed by atoms with Crippen molar-refractivity contribution >= 4 is 5.91 Å². The van der Waals surface area contributed by atoms with E-state index in [1.165, 1.54) is 0 Å². The van der Waals surface area contributed by atoms with Crippen LogP contribution in [0.25, 0.3) is 0 Å². The molecule has 1 fully saturated rings. The van der Waals surface area contributed by atoms with Gasteiger partial charge in [0, 0.05) is 13.1 Å². The molecule has 0 aromatic heterocycles. The summed E-state index contributed by atoms with van der Waals surface area (Å²) < 4.78 is 0. The number of nitrogens with zero attached hydrogens (tertiary/aromatic N) is 2. The molecule has 1 rings (SSSR count). The van der Waals surface area contributed by atoms with Gasteiger partial charge in [0.15, 0.2) is 0 Å². The summed E-state index contributed by atoms with van der Waals surface area (Å²) in [6, 6.07) is 2.26. The zero-order valence-corrected chi connectivity index (χ0v) is 11.8. The number of amides is 1. The summed E-state index contributed by atoms with van der Waals surface area (Å²) in [4.78, 5) is 14.0. The molecule has 4 nitrogen and oxygen atoms in total. The van der Waals surface area contributed by atoms with Gasteiger partial charge in [-0.1, -0.05) is 6.42 Å². The van der Waals surface area contributed by atoms with Crippen molar-refractivity contribution in [2.24, 2.45) is 5.41 Å². The summed E-state index contributed by atoms with van der Waals surface area (Å²) >= 11 is 0. The molecule has 0 aromatic carbocycles. The van der Waals surface area contributed by atoms with Gasteiger partial charge in [-0.15, -0.1) is 0 Å². The smallest absolute Gasteiger partial charge is 0.239 e. The van der Waals surface area contributed by atoms with Gasteiger partial charge in [0.1, 0.15) is 0 Å². The molecule has 1 amide bonds. The average molecular weight is 251 g/mol. The van der Waals surface area contributed by atoms with Crippen molar-refractivity contribution in [3.8, 4) is 6.07 Å². The van der Waals surface area contributed by atoms with Crippen molar-refractivity contribution in [2.75, 3.05) is 19.6 Å². The highest BCUT2D eigenvalue weighted by Gasteiger charge is 2.22. The maximum atomic E-state index is 12.0. The van der Waals surface area contributed by atoms with E-state index in [1.54, 1.807) is 0 Å². The highest BCUT2D eigenvalue weighted by molar-refractivity contribution is 5.81. The lowest BCUT2D eigenvalue weighted by molar-refractivity contribution is -0.132. The zero-order chi connectivity index (χ0) is 13.6. The molecule has 18 heavy (non-hydrogen) atoms. The van der Waals surface area contributed by atoms with E-state index in [-0.39, 0.29) is 17.4 Å². The third-order valence-electron chi connectivity index (χ3n) is 3.52. The Morgan fingerprint density at radius 1 is 1.50 bits per heavy atom. The number of nitriles is 1. The third-order valence-corrected chi connectivity index (χ3v) is 3.52. The lowest BCUT2D eigenvalue weighted by Crippen LogP contribution is -2.42. The second-order valence-electron chi connectivity index (χ2n) is 5.81. The van der Waals surface area contributed by atoms with Crippen LogP contribution in [0.15, 0.2) is 0 Å². The maximum absolute atomic E-state index is 12.0. The Hall–Kier alpha value is -1.08. The van der Waals surface area contributed by atoms with Crippen LogP contribution in [0, 0.1) is 16.7 Å². The molecule has 0 aliphatic carbocycles. The summed E-state index contributed by atoms with van der Waals surface area (Å²) in [5.41, 5.74) is -0.238. The zero-order valence-electron chi connectivity index (χ0n) is 11.8. The second-order valence-corrected chi connectivity index (χ2v) is 5.81. The van der Waals surface area contributed by atoms with E-state index in [1.807, 2.05) is 25.7 Å². The van der Waals surface area contributed by atoms with Crippen molar-refractivity contribution in [3.05, 3.63) is 0 Å². The van der Waals surface area contributed by atoms with Crippen LogP contribution in [0.5, 0.6) is 0 Å². The lowest BCUT2D eigenvalue weighted by atomic mass is 9.89. The third kappa shape index (κ3) is 4.66. The van der Waals surface area contributed by atoms with E-state index in [9.17, 15) is 4.79 Å². The minimum absolute atomic E-state index is 0.0527. The minimum atomic E-state index is -0.238. The Morgan fingerprint density at radius 3 is 2.89 bits per heavy atom. The van der Waals surface area contributed by atoms with E-state index >= 15 is 0 Å². The fraction of sp³-hybridized carbons (Fsp3) is 0.857. The molecule has 0 aromatic rings. The minimum Gasteiger partial charge on any atom is -0.341 e. The number of unbranched alkanes of at least 4 members (excludes halogenated alkanes) is 1. The number of carbonyl (C=O) groups excluding carboxylic acids is 1. The SMILES string of the molecule is CC1NCCCN(CCCCC(C)(C)C#N)C1=O. The van der Waals surface area contributed by atoms with E-state index in [0.29, 0.717) is 0 Å². The van der Waals surface area contributed by atoms with Gasteiger partial charge in [0.05, 0.1) is 17.5 Å². The first-order valence-corrected chi connectivity index (χ1v) is 6.90. The van der Waals surface area contributed by atoms with Gasteiger partial charge in [0.2, 0.25) is 5.91 Å². The highest BCUT2D eigenvalue weighted by Crippen LogP contribution is 2.21. The number of hydrogen-bond acceptors (Lipinski definition) is 3. The maximum Gasteiger partial charge on any atom is 0.239 e. The van der Waals surface area contributed by atoms with Gasteiger partial charge in [-0.05, 0) is 46.6 Å². The molecule has 0 saturated carbocycles. The molecule has 1 unspecified atom stereocenters. The van der Waals surface area contributed by atoms with Gasteiger partial charge < -0.3 is 10.2 Å². The van der Waals surface area contributed by atoms with Crippen molar-refractivity contribution in [1.29, 1.82) is 5.26 Å². The summed E-state index contributed by atoms with van der Waals surface area (Å²) in [6.07, 6.45) is 3.93. The molecule has 0 spiro atoms. The average Bonchev–Trinajstić information content (AvgIpc) is 2.49. The molecule has 1 N–H and O–H groups in total. The topological polar surface area (TPSA) is 56.1 Å². The van der Waals surface area contributed by atoms with E-state index < -0.39 is 0 Å². The van der Waals surface area contributed by atoms with Gasteiger partial charge in [-0.25, -0.2) is 0 Å². The normalized spacial score (nSPS) is 21.6. The highest BCUT2D eigenvalue weighted by atomic mass is 16.2. The van der Waals surface area contributed by atoms with Gasteiger partial charge in [0.25, 0.3) is 0 Å². The Balaban J connectivity index is 2.30. The predicted molar refractivity (Wildman–Crippen MR) is 71.9 cm³/mol. The van der Waals surface area contributed by atoms with Crippen molar-refractivity contribution in [3.63, 3.8) is 0 Å². The first kappa shape index (κ1) is 15.0. The Bertz CT molecular complexity index is 319. The second kappa shape index (κ2) is 6.75. The van der Waals surface area contributed by atoms with E-state index in [0.717, 1.165) is 45.3 Å². The Labute approximate surface area is 110 Å². The Kier molecular flexibility index (Phi) is 5.61. The van der Waals surface area contributed by atoms with Crippen LogP contribution in [0.3, 0.4) is 0 Å². The van der Waals surface area contributed by atoms with Crippen molar-refractivity contribution in [2.45, 2.75) is 52.5 Å². The summed E-state index contributed by atoms with van der Waals surface area (Å²) in [5.74, 6) is 0.215. The molecule has 0 radical (unpaired) electrons. The van der Waals surface area contributed by atoms with E-state index in [4.69, 9.17) is 5.26 Å². The van der Waals surface area contributed by atoms with Crippen LogP contribution in [0.1, 0.15) is 46.5 Å². The fourth-order valence-electron chi connectivity index (χ4n) is 2.21. The molecule has 1 aliphatic rings. The van der Waals surface area contributed by atoms with Crippen LogP contribution in [0.2, 0.25) is 0 Å². The lowest BCUT2D eigenvalue weighted by Gasteiger charge is -2.23. The number of rotatable bonds is 5. The quantitative estimate of drug-likeness (QED) is 0.759. The fourth-order valence-corrected chi connectivity index (χ4v) is 2.21. The largest absolute Gasteiger partial charge is 0.341 e. The van der Waals surface area contributed by atoms with Crippen molar-refractivity contribution in [1.82, 2.24) is 10.2 Å². The summed E-state index contributed by atoms with van der Waals surface area (Å²) in [6.45, 7) is 8.47. The molecular weight excluding hydrogens is 226 g/mol. The molecule has 1 aliphatic heterocycles. The van der Waals surface area contributed by atoms with Gasteiger partial charge in [-0.2, -0.15) is 5.26 Å². The molecule has 1 heterocycles. The first-order chi connectivity index (χ1) is 8.46. The molecule has 0 bridgehead atoms. The summed E-state index contributed by atoms with van der Waals surface area (Å²) in [7, 11) is 0. The summed E-state index contributed by atoms with van der Waals surface area (Å²) in [5, 5.41) is 12.1. The van der Waals surface area contributed by atoms with Crippen LogP contribution < -0.4 is 5.32 Å². The van der Waals surface area contributed by atoms with E-state index in [2.05, 4.69) is 11.4 Å². The Morgan fingerprint density at radius 2 is 2.22 bits per heavy atom. The molecule has 102 valence electrons. The molecular formula is C14H25N3O. The monoisotopic (exact) mass is 251 g/mol. The molecule has 1 saturated heterocycles. The number of carbonyl (C=O) groups is 1. The first-order valence-electron chi connectivity index (χ1n) is 6.90. The van der Waals surface area contributed by atoms with Crippen LogP contribution in [0.4, 0.5) is 0 Å². The van der Waals surface area contributed by atoms with Crippen LogP contribution in [-0.2, 0) is 4.79 Å². The molecule has 4 heteroatoms. The predicted octanol–water partition coefficient (Wildman–Crippen LogP) is 1.92. The van der Waals surface area contributed by atoms with Gasteiger partial charge >= 0.3 is 0 Å². The molecule has 1 atom stereocenters. The van der Waals surface area contributed by atoms with Gasteiger partial charge in [-0.3, -0.25) is 4.79 Å².